The van der Waals surface area contributed by atoms with Crippen molar-refractivity contribution in [2.75, 3.05) is 13.2 Å². The SMILES string of the molecule is O=S(=O)(NCCOC(F)(F)F)c1ccccc1. The van der Waals surface area contributed by atoms with Crippen LogP contribution in [-0.4, -0.2) is 27.9 Å². The molecule has 0 bridgehead atoms. The number of rotatable bonds is 5. The van der Waals surface area contributed by atoms with E-state index in [2.05, 4.69) is 4.74 Å². The van der Waals surface area contributed by atoms with Crippen LogP contribution >= 0.6 is 0 Å². The molecule has 0 amide bonds. The molecule has 0 unspecified atom stereocenters. The summed E-state index contributed by atoms with van der Waals surface area (Å²) in [4.78, 5) is -0.00740. The van der Waals surface area contributed by atoms with Gasteiger partial charge in [-0.1, -0.05) is 18.2 Å². The van der Waals surface area contributed by atoms with Gasteiger partial charge in [0.2, 0.25) is 10.0 Å². The first-order valence-corrected chi connectivity index (χ1v) is 6.05. The zero-order valence-corrected chi connectivity index (χ0v) is 9.38. The summed E-state index contributed by atoms with van der Waals surface area (Å²) >= 11 is 0. The fourth-order valence-electron chi connectivity index (χ4n) is 1.03. The average molecular weight is 269 g/mol. The standard InChI is InChI=1S/C9H10F3NO3S/c10-9(11,12)16-7-6-13-17(14,15)8-4-2-1-3-5-8/h1-5,13H,6-7H2. The van der Waals surface area contributed by atoms with Crippen LogP contribution in [0.1, 0.15) is 0 Å². The lowest BCUT2D eigenvalue weighted by atomic mass is 10.4. The second kappa shape index (κ2) is 5.48. The Balaban J connectivity index is 2.47. The lowest BCUT2D eigenvalue weighted by molar-refractivity contribution is -0.323. The molecule has 0 aliphatic carbocycles. The average Bonchev–Trinajstić information content (AvgIpc) is 2.25. The Bertz CT molecular complexity index is 444. The van der Waals surface area contributed by atoms with Crippen LogP contribution in [0.2, 0.25) is 0 Å². The smallest absolute Gasteiger partial charge is 0.291 e. The fraction of sp³-hybridized carbons (Fsp3) is 0.333. The highest BCUT2D eigenvalue weighted by Gasteiger charge is 2.28. The fourth-order valence-corrected chi connectivity index (χ4v) is 2.06. The summed E-state index contributed by atoms with van der Waals surface area (Å²) in [6, 6.07) is 7.34. The number of nitrogens with one attached hydrogen (secondary N) is 1. The predicted molar refractivity (Wildman–Crippen MR) is 53.6 cm³/mol. The van der Waals surface area contributed by atoms with Crippen molar-refractivity contribution in [2.45, 2.75) is 11.3 Å². The number of hydrogen-bond acceptors (Lipinski definition) is 3. The Labute approximate surface area is 96.4 Å². The Morgan fingerprint density at radius 1 is 1.18 bits per heavy atom. The van der Waals surface area contributed by atoms with E-state index in [1.165, 1.54) is 24.3 Å². The maximum absolute atomic E-state index is 11.6. The number of sulfonamides is 1. The molecule has 0 radical (unpaired) electrons. The second-order valence-electron chi connectivity index (χ2n) is 3.01. The van der Waals surface area contributed by atoms with Crippen LogP contribution in [0.25, 0.3) is 0 Å². The molecule has 1 aromatic carbocycles. The summed E-state index contributed by atoms with van der Waals surface area (Å²) in [5.41, 5.74) is 0. The number of alkyl halides is 3. The van der Waals surface area contributed by atoms with Crippen molar-refractivity contribution in [3.8, 4) is 0 Å². The van der Waals surface area contributed by atoms with Crippen molar-refractivity contribution in [1.82, 2.24) is 4.72 Å². The van der Waals surface area contributed by atoms with Gasteiger partial charge >= 0.3 is 6.36 Å². The minimum atomic E-state index is -4.75. The molecule has 96 valence electrons. The maximum Gasteiger partial charge on any atom is 0.522 e. The van der Waals surface area contributed by atoms with E-state index >= 15 is 0 Å². The molecule has 0 atom stereocenters. The van der Waals surface area contributed by atoms with E-state index in [9.17, 15) is 21.6 Å². The quantitative estimate of drug-likeness (QED) is 0.824. The highest BCUT2D eigenvalue weighted by Crippen LogP contribution is 2.15. The van der Waals surface area contributed by atoms with E-state index in [-0.39, 0.29) is 4.90 Å². The van der Waals surface area contributed by atoms with E-state index in [4.69, 9.17) is 0 Å². The summed E-state index contributed by atoms with van der Waals surface area (Å²) in [6.45, 7) is -1.22. The first-order chi connectivity index (χ1) is 7.81. The second-order valence-corrected chi connectivity index (χ2v) is 4.77. The minimum Gasteiger partial charge on any atom is -0.291 e. The van der Waals surface area contributed by atoms with Gasteiger partial charge in [-0.2, -0.15) is 0 Å². The van der Waals surface area contributed by atoms with Crippen LogP contribution in [0.4, 0.5) is 13.2 Å². The van der Waals surface area contributed by atoms with Gasteiger partial charge in [-0.05, 0) is 12.1 Å². The Hall–Kier alpha value is -1.12. The van der Waals surface area contributed by atoms with Crippen LogP contribution < -0.4 is 4.72 Å². The molecule has 0 fully saturated rings. The van der Waals surface area contributed by atoms with E-state index in [1.54, 1.807) is 6.07 Å². The lowest BCUT2D eigenvalue weighted by Crippen LogP contribution is -2.29. The van der Waals surface area contributed by atoms with E-state index in [1.807, 2.05) is 4.72 Å². The predicted octanol–water partition coefficient (Wildman–Crippen LogP) is 1.50. The topological polar surface area (TPSA) is 55.4 Å². The Kier molecular flexibility index (Phi) is 4.49. The van der Waals surface area contributed by atoms with Gasteiger partial charge in [0.1, 0.15) is 0 Å². The molecule has 0 saturated carbocycles. The van der Waals surface area contributed by atoms with Crippen LogP contribution in [0.5, 0.6) is 0 Å². The minimum absolute atomic E-state index is 0.00740. The van der Waals surface area contributed by atoms with Crippen LogP contribution in [0.3, 0.4) is 0 Å². The zero-order valence-electron chi connectivity index (χ0n) is 8.57. The highest BCUT2D eigenvalue weighted by molar-refractivity contribution is 7.89. The molecule has 0 heterocycles. The maximum atomic E-state index is 11.6. The third kappa shape index (κ3) is 5.16. The molecule has 0 aliphatic heterocycles. The summed E-state index contributed by atoms with van der Waals surface area (Å²) in [6.07, 6.45) is -4.75. The molecule has 0 aliphatic rings. The van der Waals surface area contributed by atoms with Crippen molar-refractivity contribution in [3.05, 3.63) is 30.3 Å². The third-order valence-corrected chi connectivity index (χ3v) is 3.19. The molecule has 0 spiro atoms. The van der Waals surface area contributed by atoms with Crippen molar-refractivity contribution in [3.63, 3.8) is 0 Å². The Morgan fingerprint density at radius 2 is 1.76 bits per heavy atom. The molecule has 0 saturated heterocycles. The summed E-state index contributed by atoms with van der Waals surface area (Å²) in [5.74, 6) is 0. The molecule has 8 heteroatoms. The molecule has 4 nitrogen and oxygen atoms in total. The van der Waals surface area contributed by atoms with Gasteiger partial charge in [-0.3, -0.25) is 4.74 Å². The van der Waals surface area contributed by atoms with Gasteiger partial charge in [0, 0.05) is 6.54 Å². The number of halogens is 3. The number of hydrogen-bond donors (Lipinski definition) is 1. The van der Waals surface area contributed by atoms with E-state index in [0.717, 1.165) is 0 Å². The largest absolute Gasteiger partial charge is 0.522 e. The lowest BCUT2D eigenvalue weighted by Gasteiger charge is -2.08. The monoisotopic (exact) mass is 269 g/mol. The van der Waals surface area contributed by atoms with Gasteiger partial charge in [0.15, 0.2) is 0 Å². The first kappa shape index (κ1) is 13.9. The number of benzene rings is 1. The third-order valence-electron chi connectivity index (χ3n) is 1.71. The molecular weight excluding hydrogens is 259 g/mol. The summed E-state index contributed by atoms with van der Waals surface area (Å²) in [7, 11) is -3.78. The van der Waals surface area contributed by atoms with Crippen LogP contribution in [0.15, 0.2) is 35.2 Å². The molecule has 1 aromatic rings. The molecule has 0 aromatic heterocycles. The van der Waals surface area contributed by atoms with Gasteiger partial charge in [0.05, 0.1) is 11.5 Å². The van der Waals surface area contributed by atoms with Gasteiger partial charge in [0.25, 0.3) is 0 Å². The van der Waals surface area contributed by atoms with Crippen molar-refractivity contribution in [2.24, 2.45) is 0 Å². The van der Waals surface area contributed by atoms with Crippen molar-refractivity contribution < 1.29 is 26.3 Å². The molecular formula is C9H10F3NO3S. The molecule has 1 N–H and O–H groups in total. The van der Waals surface area contributed by atoms with E-state index < -0.39 is 29.5 Å². The number of ether oxygens (including phenoxy) is 1. The van der Waals surface area contributed by atoms with Gasteiger partial charge in [-0.25, -0.2) is 13.1 Å². The molecule has 1 rings (SSSR count). The molecule has 17 heavy (non-hydrogen) atoms. The summed E-state index contributed by atoms with van der Waals surface area (Å²) < 4.78 is 63.2. The highest BCUT2D eigenvalue weighted by atomic mass is 32.2. The van der Waals surface area contributed by atoms with Gasteiger partial charge in [-0.15, -0.1) is 13.2 Å². The zero-order chi connectivity index (χ0) is 12.9. The van der Waals surface area contributed by atoms with Crippen molar-refractivity contribution >= 4 is 10.0 Å². The normalized spacial score (nSPS) is 12.6. The van der Waals surface area contributed by atoms with Crippen molar-refractivity contribution in [1.29, 1.82) is 0 Å². The van der Waals surface area contributed by atoms with E-state index in [0.29, 0.717) is 0 Å². The summed E-state index contributed by atoms with van der Waals surface area (Å²) in [5, 5.41) is 0. The Morgan fingerprint density at radius 3 is 2.29 bits per heavy atom. The first-order valence-electron chi connectivity index (χ1n) is 4.57. The van der Waals surface area contributed by atoms with Gasteiger partial charge < -0.3 is 0 Å². The van der Waals surface area contributed by atoms with Crippen LogP contribution in [0, 0.1) is 0 Å². The van der Waals surface area contributed by atoms with Crippen LogP contribution in [-0.2, 0) is 14.8 Å².